The molecule has 0 aromatic heterocycles. The first-order valence-corrected chi connectivity index (χ1v) is 5.69. The van der Waals surface area contributed by atoms with Gasteiger partial charge in [-0.2, -0.15) is 0 Å². The Hall–Kier alpha value is -0.910. The van der Waals surface area contributed by atoms with Crippen LogP contribution < -0.4 is 0 Å². The maximum absolute atomic E-state index is 11.7. The number of carbonyl (C=O) groups is 3. The number of alkyl halides is 1. The Bertz CT molecular complexity index is 343. The fourth-order valence-corrected chi connectivity index (χ4v) is 2.97. The largest absolute Gasteiger partial charge is 0.465 e. The second-order valence-corrected chi connectivity index (χ2v) is 4.78. The molecule has 3 unspecified atom stereocenters. The molecule has 15 heavy (non-hydrogen) atoms. The van der Waals surface area contributed by atoms with Gasteiger partial charge < -0.3 is 5.11 Å². The topological polar surface area (TPSA) is 74.7 Å². The highest BCUT2D eigenvalue weighted by molar-refractivity contribution is 9.10. The molecule has 2 rings (SSSR count). The molecule has 1 saturated carbocycles. The van der Waals surface area contributed by atoms with Crippen LogP contribution in [0.25, 0.3) is 0 Å². The van der Waals surface area contributed by atoms with E-state index in [0.717, 1.165) is 11.3 Å². The number of hydrogen-bond acceptors (Lipinski definition) is 3. The van der Waals surface area contributed by atoms with Gasteiger partial charge in [0, 0.05) is 5.92 Å². The Morgan fingerprint density at radius 1 is 1.40 bits per heavy atom. The SMILES string of the molecule is O=C1C(Br)C(=O)N(C(=O)O)C2CCCC12. The summed E-state index contributed by atoms with van der Waals surface area (Å²) >= 11 is 2.96. The van der Waals surface area contributed by atoms with Gasteiger partial charge in [-0.1, -0.05) is 22.4 Å². The highest BCUT2D eigenvalue weighted by Gasteiger charge is 2.51. The zero-order valence-electron chi connectivity index (χ0n) is 7.85. The van der Waals surface area contributed by atoms with E-state index in [1.165, 1.54) is 0 Å². The number of ketones is 1. The van der Waals surface area contributed by atoms with Crippen LogP contribution in [0.5, 0.6) is 0 Å². The normalized spacial score (nSPS) is 35.5. The predicted octanol–water partition coefficient (Wildman–Crippen LogP) is 1.01. The first-order chi connectivity index (χ1) is 7.04. The Kier molecular flexibility index (Phi) is 2.54. The van der Waals surface area contributed by atoms with Crippen LogP contribution in [0.4, 0.5) is 4.79 Å². The van der Waals surface area contributed by atoms with Gasteiger partial charge in [-0.25, -0.2) is 9.69 Å². The Morgan fingerprint density at radius 2 is 2.07 bits per heavy atom. The number of rotatable bonds is 0. The van der Waals surface area contributed by atoms with E-state index in [9.17, 15) is 14.4 Å². The van der Waals surface area contributed by atoms with Crippen LogP contribution in [-0.4, -0.2) is 38.7 Å². The summed E-state index contributed by atoms with van der Waals surface area (Å²) in [5.41, 5.74) is 0. The van der Waals surface area contributed by atoms with Crippen molar-refractivity contribution >= 4 is 33.7 Å². The fourth-order valence-electron chi connectivity index (χ4n) is 2.41. The van der Waals surface area contributed by atoms with E-state index in [1.54, 1.807) is 0 Å². The summed E-state index contributed by atoms with van der Waals surface area (Å²) in [5.74, 6) is -1.11. The van der Waals surface area contributed by atoms with Crippen molar-refractivity contribution in [1.29, 1.82) is 0 Å². The molecule has 3 atom stereocenters. The fraction of sp³-hybridized carbons (Fsp3) is 0.667. The van der Waals surface area contributed by atoms with E-state index < -0.39 is 22.9 Å². The van der Waals surface area contributed by atoms with Crippen molar-refractivity contribution in [1.82, 2.24) is 4.90 Å². The molecule has 1 N–H and O–H groups in total. The van der Waals surface area contributed by atoms with Gasteiger partial charge in [0.05, 0.1) is 6.04 Å². The minimum absolute atomic E-state index is 0.167. The number of halogens is 1. The van der Waals surface area contributed by atoms with Crippen molar-refractivity contribution in [2.45, 2.75) is 30.1 Å². The lowest BCUT2D eigenvalue weighted by atomic mass is 9.90. The number of Topliss-reactive ketones (excluding diaryl/α,β-unsaturated/α-hetero) is 1. The second-order valence-electron chi connectivity index (χ2n) is 3.86. The monoisotopic (exact) mass is 275 g/mol. The van der Waals surface area contributed by atoms with Gasteiger partial charge in [-0.3, -0.25) is 9.59 Å². The minimum Gasteiger partial charge on any atom is -0.465 e. The lowest BCUT2D eigenvalue weighted by molar-refractivity contribution is -0.141. The molecule has 0 bridgehead atoms. The summed E-state index contributed by atoms with van der Waals surface area (Å²) in [5, 5.41) is 8.93. The predicted molar refractivity (Wildman–Crippen MR) is 53.7 cm³/mol. The molecule has 5 nitrogen and oxygen atoms in total. The van der Waals surface area contributed by atoms with Crippen molar-refractivity contribution in [3.8, 4) is 0 Å². The average molecular weight is 276 g/mol. The molecule has 1 heterocycles. The molecule has 0 aromatic rings. The highest BCUT2D eigenvalue weighted by atomic mass is 79.9. The van der Waals surface area contributed by atoms with Crippen LogP contribution in [0, 0.1) is 5.92 Å². The highest BCUT2D eigenvalue weighted by Crippen LogP contribution is 2.37. The minimum atomic E-state index is -1.26. The summed E-state index contributed by atoms with van der Waals surface area (Å²) in [6, 6.07) is -0.434. The van der Waals surface area contributed by atoms with Crippen molar-refractivity contribution in [3.63, 3.8) is 0 Å². The van der Waals surface area contributed by atoms with Gasteiger partial charge in [0.25, 0.3) is 5.91 Å². The molecule has 0 spiro atoms. The zero-order valence-corrected chi connectivity index (χ0v) is 9.44. The van der Waals surface area contributed by atoms with Crippen LogP contribution in [0.2, 0.25) is 0 Å². The van der Waals surface area contributed by atoms with Crippen molar-refractivity contribution in [2.75, 3.05) is 0 Å². The zero-order chi connectivity index (χ0) is 11.2. The molecule has 82 valence electrons. The van der Waals surface area contributed by atoms with Crippen molar-refractivity contribution < 1.29 is 19.5 Å². The van der Waals surface area contributed by atoms with Gasteiger partial charge in [0.2, 0.25) is 0 Å². The Morgan fingerprint density at radius 3 is 2.67 bits per heavy atom. The molecule has 0 radical (unpaired) electrons. The van der Waals surface area contributed by atoms with Gasteiger partial charge in [-0.15, -0.1) is 0 Å². The molecular weight excluding hydrogens is 266 g/mol. The maximum Gasteiger partial charge on any atom is 0.414 e. The number of fused-ring (bicyclic) bond motifs is 1. The summed E-state index contributed by atoms with van der Waals surface area (Å²) in [6.07, 6.45) is 0.836. The number of carbonyl (C=O) groups excluding carboxylic acids is 2. The van der Waals surface area contributed by atoms with Crippen LogP contribution in [-0.2, 0) is 9.59 Å². The van der Waals surface area contributed by atoms with Crippen molar-refractivity contribution in [3.05, 3.63) is 0 Å². The molecule has 1 aliphatic heterocycles. The third kappa shape index (κ3) is 1.47. The van der Waals surface area contributed by atoms with E-state index >= 15 is 0 Å². The van der Waals surface area contributed by atoms with Crippen LogP contribution in [0.3, 0.4) is 0 Å². The summed E-state index contributed by atoms with van der Waals surface area (Å²) in [7, 11) is 0. The van der Waals surface area contributed by atoms with E-state index in [2.05, 4.69) is 15.9 Å². The summed E-state index contributed by atoms with van der Waals surface area (Å²) in [4.78, 5) is 34.1. The molecule has 2 amide bonds. The summed E-state index contributed by atoms with van der Waals surface area (Å²) < 4.78 is 0. The molecule has 1 aliphatic carbocycles. The Labute approximate surface area is 94.6 Å². The van der Waals surface area contributed by atoms with E-state index in [1.807, 2.05) is 0 Å². The van der Waals surface area contributed by atoms with Crippen LogP contribution in [0.1, 0.15) is 19.3 Å². The van der Waals surface area contributed by atoms with Gasteiger partial charge >= 0.3 is 6.09 Å². The van der Waals surface area contributed by atoms with E-state index in [-0.39, 0.29) is 11.7 Å². The van der Waals surface area contributed by atoms with Crippen molar-refractivity contribution in [2.24, 2.45) is 5.92 Å². The third-order valence-corrected chi connectivity index (χ3v) is 3.93. The molecule has 6 heteroatoms. The molecule has 2 fully saturated rings. The lowest BCUT2D eigenvalue weighted by Gasteiger charge is -2.35. The molecule has 1 saturated heterocycles. The van der Waals surface area contributed by atoms with Gasteiger partial charge in [-0.05, 0) is 12.8 Å². The first-order valence-electron chi connectivity index (χ1n) is 4.78. The number of carboxylic acid groups (broad SMARTS) is 1. The Balaban J connectivity index is 2.35. The smallest absolute Gasteiger partial charge is 0.414 e. The van der Waals surface area contributed by atoms with Gasteiger partial charge in [0.1, 0.15) is 0 Å². The maximum atomic E-state index is 11.7. The van der Waals surface area contributed by atoms with Crippen LogP contribution >= 0.6 is 15.9 Å². The number of hydrogen-bond donors (Lipinski definition) is 1. The number of nitrogens with zero attached hydrogens (tertiary/aromatic N) is 1. The quantitative estimate of drug-likeness (QED) is 0.529. The number of likely N-dealkylation sites (tertiary alicyclic amines) is 1. The summed E-state index contributed by atoms with van der Waals surface area (Å²) in [6.45, 7) is 0. The number of piperidine rings is 1. The first kappa shape index (κ1) is 10.6. The van der Waals surface area contributed by atoms with Gasteiger partial charge in [0.15, 0.2) is 10.6 Å². The van der Waals surface area contributed by atoms with E-state index in [4.69, 9.17) is 5.11 Å². The second kappa shape index (κ2) is 3.59. The standard InChI is InChI=1S/C9H10BrNO4/c10-6-7(12)4-2-1-3-5(4)11(8(6)13)9(14)15/h4-6H,1-3H2,(H,14,15). The number of amides is 2. The number of imide groups is 1. The lowest BCUT2D eigenvalue weighted by Crippen LogP contribution is -2.57. The van der Waals surface area contributed by atoms with E-state index in [0.29, 0.717) is 12.8 Å². The molecular formula is C9H10BrNO4. The molecule has 2 aliphatic rings. The third-order valence-electron chi connectivity index (χ3n) is 3.09. The van der Waals surface area contributed by atoms with Crippen LogP contribution in [0.15, 0.2) is 0 Å². The average Bonchev–Trinajstić information content (AvgIpc) is 2.62. The molecule has 0 aromatic carbocycles.